The molecule has 3 heterocycles. The molecule has 21 heavy (non-hydrogen) atoms. The van der Waals surface area contributed by atoms with Crippen LogP contribution < -0.4 is 0 Å². The highest BCUT2D eigenvalue weighted by Gasteiger charge is 2.43. The summed E-state index contributed by atoms with van der Waals surface area (Å²) >= 11 is 0. The Balaban J connectivity index is 1.96. The summed E-state index contributed by atoms with van der Waals surface area (Å²) in [6.07, 6.45) is 5.16. The average Bonchev–Trinajstić information content (AvgIpc) is 3.17. The third-order valence-electron chi connectivity index (χ3n) is 3.74. The van der Waals surface area contributed by atoms with Crippen molar-refractivity contribution in [1.29, 1.82) is 0 Å². The fourth-order valence-electron chi connectivity index (χ4n) is 2.60. The van der Waals surface area contributed by atoms with Crippen molar-refractivity contribution in [2.75, 3.05) is 19.8 Å². The lowest BCUT2D eigenvalue weighted by Crippen LogP contribution is -2.30. The summed E-state index contributed by atoms with van der Waals surface area (Å²) in [4.78, 5) is 4.13. The van der Waals surface area contributed by atoms with E-state index in [2.05, 4.69) is 22.1 Å². The van der Waals surface area contributed by atoms with E-state index >= 15 is 0 Å². The Bertz CT molecular complexity index is 606. The van der Waals surface area contributed by atoms with Gasteiger partial charge in [-0.15, -0.1) is 10.2 Å². The minimum Gasteiger partial charge on any atom is -0.417 e. The number of pyridine rings is 1. The van der Waals surface area contributed by atoms with E-state index in [9.17, 15) is 0 Å². The molecule has 2 aromatic heterocycles. The van der Waals surface area contributed by atoms with Crippen LogP contribution in [0, 0.1) is 0 Å². The first-order chi connectivity index (χ1) is 10.3. The van der Waals surface area contributed by atoms with Crippen LogP contribution in [-0.4, -0.2) is 35.0 Å². The first-order valence-corrected chi connectivity index (χ1v) is 7.28. The average molecular weight is 289 g/mol. The van der Waals surface area contributed by atoms with Crippen LogP contribution in [-0.2, 0) is 21.5 Å². The van der Waals surface area contributed by atoms with Crippen LogP contribution in [0.3, 0.4) is 0 Å². The van der Waals surface area contributed by atoms with E-state index < -0.39 is 5.60 Å². The second-order valence-electron chi connectivity index (χ2n) is 5.03. The van der Waals surface area contributed by atoms with E-state index in [0.29, 0.717) is 31.6 Å². The largest absolute Gasteiger partial charge is 0.417 e. The molecule has 0 amide bonds. The first-order valence-electron chi connectivity index (χ1n) is 7.28. The molecule has 0 saturated carbocycles. The van der Waals surface area contributed by atoms with Crippen molar-refractivity contribution >= 4 is 0 Å². The number of nitrogens with zero attached hydrogens (tertiary/aromatic N) is 3. The molecule has 1 aliphatic heterocycles. The van der Waals surface area contributed by atoms with Crippen LogP contribution in [0.15, 0.2) is 22.9 Å². The normalized spacial score (nSPS) is 21.8. The maximum atomic E-state index is 5.90. The molecular formula is C15H19N3O3. The minimum atomic E-state index is -0.598. The molecule has 6 nitrogen and oxygen atoms in total. The maximum absolute atomic E-state index is 5.90. The SMILES string of the molecule is CCOC1(c2nnc(-c3ccncc3CC)o2)CCOC1. The zero-order chi connectivity index (χ0) is 14.7. The third-order valence-corrected chi connectivity index (χ3v) is 3.74. The van der Waals surface area contributed by atoms with E-state index in [1.165, 1.54) is 0 Å². The lowest BCUT2D eigenvalue weighted by Gasteiger charge is -2.22. The van der Waals surface area contributed by atoms with Gasteiger partial charge in [-0.1, -0.05) is 6.92 Å². The second kappa shape index (κ2) is 5.91. The van der Waals surface area contributed by atoms with Crippen molar-refractivity contribution in [2.45, 2.75) is 32.3 Å². The Hall–Kier alpha value is -1.79. The lowest BCUT2D eigenvalue weighted by molar-refractivity contribution is -0.0657. The van der Waals surface area contributed by atoms with Gasteiger partial charge in [0, 0.05) is 31.0 Å². The molecule has 2 aromatic rings. The second-order valence-corrected chi connectivity index (χ2v) is 5.03. The van der Waals surface area contributed by atoms with Crippen molar-refractivity contribution in [3.63, 3.8) is 0 Å². The molecule has 0 aliphatic carbocycles. The fourth-order valence-corrected chi connectivity index (χ4v) is 2.60. The monoisotopic (exact) mass is 289 g/mol. The van der Waals surface area contributed by atoms with Crippen molar-refractivity contribution in [3.8, 4) is 11.5 Å². The molecule has 3 rings (SSSR count). The van der Waals surface area contributed by atoms with Gasteiger partial charge in [-0.3, -0.25) is 4.98 Å². The van der Waals surface area contributed by atoms with E-state index in [0.717, 1.165) is 24.0 Å². The Kier molecular flexibility index (Phi) is 3.98. The summed E-state index contributed by atoms with van der Waals surface area (Å²) in [5.41, 5.74) is 1.41. The standard InChI is InChI=1S/C15H19N3O3/c1-3-11-9-16-7-5-12(11)13-17-18-14(21-13)15(20-4-2)6-8-19-10-15/h5,7,9H,3-4,6,8,10H2,1-2H3. The molecule has 1 saturated heterocycles. The zero-order valence-electron chi connectivity index (χ0n) is 12.3. The first kappa shape index (κ1) is 14.2. The minimum absolute atomic E-state index is 0.458. The molecule has 112 valence electrons. The maximum Gasteiger partial charge on any atom is 0.251 e. The van der Waals surface area contributed by atoms with Gasteiger partial charge in [0.2, 0.25) is 5.89 Å². The molecule has 0 bridgehead atoms. The van der Waals surface area contributed by atoms with Gasteiger partial charge < -0.3 is 13.9 Å². The third kappa shape index (κ3) is 2.56. The zero-order valence-corrected chi connectivity index (χ0v) is 12.3. The molecule has 0 N–H and O–H groups in total. The van der Waals surface area contributed by atoms with Crippen molar-refractivity contribution in [3.05, 3.63) is 29.9 Å². The summed E-state index contributed by atoms with van der Waals surface area (Å²) in [6, 6.07) is 1.90. The highest BCUT2D eigenvalue weighted by atomic mass is 16.6. The number of rotatable bonds is 5. The van der Waals surface area contributed by atoms with Gasteiger partial charge in [0.25, 0.3) is 5.89 Å². The molecule has 1 fully saturated rings. The van der Waals surface area contributed by atoms with Crippen molar-refractivity contribution < 1.29 is 13.9 Å². The molecule has 6 heteroatoms. The van der Waals surface area contributed by atoms with E-state index in [1.807, 2.05) is 19.2 Å². The van der Waals surface area contributed by atoms with Gasteiger partial charge in [0.1, 0.15) is 0 Å². The summed E-state index contributed by atoms with van der Waals surface area (Å²) in [5.74, 6) is 1.01. The summed E-state index contributed by atoms with van der Waals surface area (Å²) in [6.45, 7) is 5.71. The number of hydrogen-bond acceptors (Lipinski definition) is 6. The van der Waals surface area contributed by atoms with Gasteiger partial charge in [0.05, 0.1) is 13.2 Å². The molecule has 0 spiro atoms. The van der Waals surface area contributed by atoms with E-state index in [4.69, 9.17) is 13.9 Å². The van der Waals surface area contributed by atoms with Crippen LogP contribution in [0.25, 0.3) is 11.5 Å². The van der Waals surface area contributed by atoms with E-state index in [1.54, 1.807) is 6.20 Å². The summed E-state index contributed by atoms with van der Waals surface area (Å²) < 4.78 is 17.2. The van der Waals surface area contributed by atoms with Crippen LogP contribution in [0.1, 0.15) is 31.7 Å². The molecular weight excluding hydrogens is 270 g/mol. The number of aryl methyl sites for hydroxylation is 1. The number of hydrogen-bond donors (Lipinski definition) is 0. The number of ether oxygens (including phenoxy) is 2. The highest BCUT2D eigenvalue weighted by Crippen LogP contribution is 2.35. The molecule has 1 aliphatic rings. The summed E-state index contributed by atoms with van der Waals surface area (Å²) in [5, 5.41) is 8.39. The van der Waals surface area contributed by atoms with Crippen LogP contribution in [0.2, 0.25) is 0 Å². The quantitative estimate of drug-likeness (QED) is 0.841. The predicted molar refractivity (Wildman–Crippen MR) is 75.6 cm³/mol. The lowest BCUT2D eigenvalue weighted by atomic mass is 10.0. The van der Waals surface area contributed by atoms with Gasteiger partial charge in [-0.25, -0.2) is 0 Å². The van der Waals surface area contributed by atoms with Crippen LogP contribution >= 0.6 is 0 Å². The Morgan fingerprint density at radius 3 is 2.95 bits per heavy atom. The smallest absolute Gasteiger partial charge is 0.251 e. The van der Waals surface area contributed by atoms with Gasteiger partial charge in [-0.2, -0.15) is 0 Å². The highest BCUT2D eigenvalue weighted by molar-refractivity contribution is 5.57. The van der Waals surface area contributed by atoms with Crippen LogP contribution in [0.4, 0.5) is 0 Å². The molecule has 1 unspecified atom stereocenters. The van der Waals surface area contributed by atoms with Crippen molar-refractivity contribution in [2.24, 2.45) is 0 Å². The van der Waals surface area contributed by atoms with Gasteiger partial charge in [0.15, 0.2) is 5.60 Å². The molecule has 0 aromatic carbocycles. The molecule has 1 atom stereocenters. The van der Waals surface area contributed by atoms with E-state index in [-0.39, 0.29) is 0 Å². The van der Waals surface area contributed by atoms with Gasteiger partial charge in [-0.05, 0) is 25.0 Å². The predicted octanol–water partition coefficient (Wildman–Crippen LogP) is 2.35. The summed E-state index contributed by atoms with van der Waals surface area (Å²) in [7, 11) is 0. The Morgan fingerprint density at radius 1 is 1.33 bits per heavy atom. The topological polar surface area (TPSA) is 70.3 Å². The Morgan fingerprint density at radius 2 is 2.24 bits per heavy atom. The van der Waals surface area contributed by atoms with Crippen LogP contribution in [0.5, 0.6) is 0 Å². The Labute approximate surface area is 123 Å². The van der Waals surface area contributed by atoms with Gasteiger partial charge >= 0.3 is 0 Å². The molecule has 0 radical (unpaired) electrons. The van der Waals surface area contributed by atoms with Crippen molar-refractivity contribution in [1.82, 2.24) is 15.2 Å². The number of aromatic nitrogens is 3. The fraction of sp³-hybridized carbons (Fsp3) is 0.533.